The van der Waals surface area contributed by atoms with Gasteiger partial charge in [-0.3, -0.25) is 9.52 Å². The lowest BCUT2D eigenvalue weighted by Crippen LogP contribution is -2.24. The molecular weight excluding hydrogens is 419 g/mol. The third-order valence-electron chi connectivity index (χ3n) is 3.85. The summed E-state index contributed by atoms with van der Waals surface area (Å²) in [4.78, 5) is 20.5. The van der Waals surface area contributed by atoms with Crippen LogP contribution in [-0.4, -0.2) is 24.3 Å². The van der Waals surface area contributed by atoms with Crippen molar-refractivity contribution in [2.24, 2.45) is 0 Å². The standard InChI is InChI=1S/C19H16ClFN4O3S/c1-12-22-9-8-15(24-12)11-23-19(26)17-10-16(6-7-18(17)20)29(27,28)25-14-4-2-13(21)3-5-14/h2-10,25H,11H2,1H3,(H,23,26). The Labute approximate surface area is 172 Å². The Kier molecular flexibility index (Phi) is 6.09. The summed E-state index contributed by atoms with van der Waals surface area (Å²) in [5.41, 5.74) is 0.787. The molecule has 0 aliphatic rings. The largest absolute Gasteiger partial charge is 0.346 e. The number of benzene rings is 2. The van der Waals surface area contributed by atoms with Crippen molar-refractivity contribution < 1.29 is 17.6 Å². The van der Waals surface area contributed by atoms with Crippen molar-refractivity contribution in [2.75, 3.05) is 4.72 Å². The maximum atomic E-state index is 13.0. The Balaban J connectivity index is 1.79. The first kappa shape index (κ1) is 20.7. The third kappa shape index (κ3) is 5.27. The van der Waals surface area contributed by atoms with E-state index >= 15 is 0 Å². The minimum atomic E-state index is -4.00. The monoisotopic (exact) mass is 434 g/mol. The van der Waals surface area contributed by atoms with Crippen LogP contribution >= 0.6 is 11.6 Å². The van der Waals surface area contributed by atoms with Gasteiger partial charge in [0.15, 0.2) is 0 Å². The van der Waals surface area contributed by atoms with Crippen LogP contribution in [0.4, 0.5) is 10.1 Å². The Hall–Kier alpha value is -3.04. The molecule has 0 aliphatic carbocycles. The van der Waals surface area contributed by atoms with Crippen LogP contribution in [-0.2, 0) is 16.6 Å². The molecule has 3 aromatic rings. The number of carbonyl (C=O) groups excluding carboxylic acids is 1. The Morgan fingerprint density at radius 3 is 2.55 bits per heavy atom. The zero-order chi connectivity index (χ0) is 21.0. The average molecular weight is 435 g/mol. The molecule has 0 radical (unpaired) electrons. The number of nitrogens with one attached hydrogen (secondary N) is 2. The van der Waals surface area contributed by atoms with Crippen molar-refractivity contribution in [1.82, 2.24) is 15.3 Å². The number of rotatable bonds is 6. The first-order valence-corrected chi connectivity index (χ1v) is 10.3. The molecule has 0 aliphatic heterocycles. The van der Waals surface area contributed by atoms with Crippen molar-refractivity contribution >= 4 is 33.2 Å². The van der Waals surface area contributed by atoms with Gasteiger partial charge in [-0.1, -0.05) is 11.6 Å². The van der Waals surface area contributed by atoms with Crippen molar-refractivity contribution in [3.8, 4) is 0 Å². The van der Waals surface area contributed by atoms with E-state index in [1.54, 1.807) is 19.2 Å². The number of carbonyl (C=O) groups is 1. The number of aromatic nitrogens is 2. The number of hydrogen-bond acceptors (Lipinski definition) is 5. The van der Waals surface area contributed by atoms with Crippen LogP contribution in [0.3, 0.4) is 0 Å². The Morgan fingerprint density at radius 1 is 1.14 bits per heavy atom. The molecular formula is C19H16ClFN4O3S. The summed E-state index contributed by atoms with van der Waals surface area (Å²) < 4.78 is 40.5. The predicted octanol–water partition coefficient (Wildman–Crippen LogP) is 3.31. The zero-order valence-electron chi connectivity index (χ0n) is 15.2. The lowest BCUT2D eigenvalue weighted by atomic mass is 10.2. The topological polar surface area (TPSA) is 101 Å². The van der Waals surface area contributed by atoms with E-state index in [0.29, 0.717) is 11.5 Å². The lowest BCUT2D eigenvalue weighted by molar-refractivity contribution is 0.0950. The van der Waals surface area contributed by atoms with Gasteiger partial charge in [-0.05, 0) is 55.5 Å². The lowest BCUT2D eigenvalue weighted by Gasteiger charge is -2.11. The van der Waals surface area contributed by atoms with Crippen LogP contribution in [0, 0.1) is 12.7 Å². The molecule has 0 saturated heterocycles. The van der Waals surface area contributed by atoms with E-state index in [1.165, 1.54) is 30.3 Å². The number of hydrogen-bond donors (Lipinski definition) is 2. The molecule has 1 heterocycles. The van der Waals surface area contributed by atoms with Gasteiger partial charge in [-0.2, -0.15) is 0 Å². The number of amides is 1. The van der Waals surface area contributed by atoms with Gasteiger partial charge in [0, 0.05) is 11.9 Å². The van der Waals surface area contributed by atoms with Gasteiger partial charge in [-0.15, -0.1) is 0 Å². The summed E-state index contributed by atoms with van der Waals surface area (Å²) >= 11 is 6.08. The van der Waals surface area contributed by atoms with Gasteiger partial charge in [0.05, 0.1) is 27.7 Å². The molecule has 7 nitrogen and oxygen atoms in total. The zero-order valence-corrected chi connectivity index (χ0v) is 16.8. The SMILES string of the molecule is Cc1nccc(CNC(=O)c2cc(S(=O)(=O)Nc3ccc(F)cc3)ccc2Cl)n1. The second-order valence-corrected chi connectivity index (χ2v) is 8.12. The van der Waals surface area contributed by atoms with Crippen LogP contribution in [0.5, 0.6) is 0 Å². The predicted molar refractivity (Wildman–Crippen MR) is 107 cm³/mol. The second kappa shape index (κ2) is 8.54. The highest BCUT2D eigenvalue weighted by molar-refractivity contribution is 7.92. The fourth-order valence-electron chi connectivity index (χ4n) is 2.45. The summed E-state index contributed by atoms with van der Waals surface area (Å²) in [6.45, 7) is 1.86. The van der Waals surface area contributed by atoms with E-state index in [0.717, 1.165) is 12.1 Å². The fraction of sp³-hybridized carbons (Fsp3) is 0.105. The number of sulfonamides is 1. The molecule has 0 spiro atoms. The quantitative estimate of drug-likeness (QED) is 0.619. The molecule has 2 N–H and O–H groups in total. The molecule has 0 fully saturated rings. The van der Waals surface area contributed by atoms with E-state index in [4.69, 9.17) is 11.6 Å². The van der Waals surface area contributed by atoms with Crippen molar-refractivity contribution in [3.63, 3.8) is 0 Å². The van der Waals surface area contributed by atoms with E-state index < -0.39 is 21.7 Å². The van der Waals surface area contributed by atoms with Crippen LogP contribution in [0.25, 0.3) is 0 Å². The molecule has 0 atom stereocenters. The third-order valence-corrected chi connectivity index (χ3v) is 5.56. The summed E-state index contributed by atoms with van der Waals surface area (Å²) in [5, 5.41) is 2.75. The normalized spacial score (nSPS) is 11.1. The first-order valence-electron chi connectivity index (χ1n) is 8.39. The number of anilines is 1. The summed E-state index contributed by atoms with van der Waals surface area (Å²) in [5.74, 6) is -0.475. The first-order chi connectivity index (χ1) is 13.7. The number of nitrogens with zero attached hydrogens (tertiary/aromatic N) is 2. The average Bonchev–Trinajstić information content (AvgIpc) is 2.68. The van der Waals surface area contributed by atoms with E-state index in [-0.39, 0.29) is 27.7 Å². The molecule has 3 rings (SSSR count). The highest BCUT2D eigenvalue weighted by atomic mass is 35.5. The second-order valence-electron chi connectivity index (χ2n) is 6.03. The summed E-state index contributed by atoms with van der Waals surface area (Å²) in [6, 6.07) is 10.3. The minimum absolute atomic E-state index is 0.000532. The fourth-order valence-corrected chi connectivity index (χ4v) is 3.74. The van der Waals surface area contributed by atoms with Gasteiger partial charge in [0.2, 0.25) is 0 Å². The van der Waals surface area contributed by atoms with Crippen molar-refractivity contribution in [2.45, 2.75) is 18.4 Å². The Morgan fingerprint density at radius 2 is 1.86 bits per heavy atom. The van der Waals surface area contributed by atoms with E-state index in [2.05, 4.69) is 20.0 Å². The van der Waals surface area contributed by atoms with Crippen LogP contribution in [0.1, 0.15) is 21.9 Å². The summed E-state index contributed by atoms with van der Waals surface area (Å²) in [6.07, 6.45) is 1.57. The van der Waals surface area contributed by atoms with Crippen molar-refractivity contribution in [3.05, 3.63) is 82.6 Å². The highest BCUT2D eigenvalue weighted by Gasteiger charge is 2.19. The maximum absolute atomic E-state index is 13.0. The molecule has 10 heteroatoms. The molecule has 2 aromatic carbocycles. The smallest absolute Gasteiger partial charge is 0.261 e. The molecule has 0 unspecified atom stereocenters. The highest BCUT2D eigenvalue weighted by Crippen LogP contribution is 2.23. The van der Waals surface area contributed by atoms with E-state index in [1.807, 2.05) is 0 Å². The van der Waals surface area contributed by atoms with Gasteiger partial charge in [0.25, 0.3) is 15.9 Å². The number of aryl methyl sites for hydroxylation is 1. The van der Waals surface area contributed by atoms with Gasteiger partial charge in [-0.25, -0.2) is 22.8 Å². The molecule has 1 aromatic heterocycles. The maximum Gasteiger partial charge on any atom is 0.261 e. The van der Waals surface area contributed by atoms with Crippen LogP contribution in [0.2, 0.25) is 5.02 Å². The molecule has 0 bridgehead atoms. The van der Waals surface area contributed by atoms with Crippen LogP contribution < -0.4 is 10.0 Å². The Bertz CT molecular complexity index is 1150. The molecule has 29 heavy (non-hydrogen) atoms. The number of halogens is 2. The van der Waals surface area contributed by atoms with Crippen LogP contribution in [0.15, 0.2) is 59.6 Å². The van der Waals surface area contributed by atoms with E-state index in [9.17, 15) is 17.6 Å². The molecule has 150 valence electrons. The van der Waals surface area contributed by atoms with Gasteiger partial charge in [0.1, 0.15) is 11.6 Å². The van der Waals surface area contributed by atoms with Crippen molar-refractivity contribution in [1.29, 1.82) is 0 Å². The van der Waals surface area contributed by atoms with Gasteiger partial charge >= 0.3 is 0 Å². The minimum Gasteiger partial charge on any atom is -0.346 e. The molecule has 1 amide bonds. The molecule has 0 saturated carbocycles. The van der Waals surface area contributed by atoms with Gasteiger partial charge < -0.3 is 5.32 Å². The summed E-state index contributed by atoms with van der Waals surface area (Å²) in [7, 11) is -4.00.